The third-order valence-corrected chi connectivity index (χ3v) is 6.26. The molecular weight excluding hydrogens is 310 g/mol. The summed E-state index contributed by atoms with van der Waals surface area (Å²) in [5.41, 5.74) is 6.35. The van der Waals surface area contributed by atoms with Crippen LogP contribution in [0, 0.1) is 0 Å². The van der Waals surface area contributed by atoms with E-state index in [0.29, 0.717) is 24.5 Å². The fourth-order valence-corrected chi connectivity index (χ4v) is 4.83. The van der Waals surface area contributed by atoms with Gasteiger partial charge in [0.2, 0.25) is 15.9 Å². The van der Waals surface area contributed by atoms with Gasteiger partial charge in [-0.2, -0.15) is 4.31 Å². The summed E-state index contributed by atoms with van der Waals surface area (Å²) in [7, 11) is -3.32. The summed E-state index contributed by atoms with van der Waals surface area (Å²) in [4.78, 5) is 12.2. The Labute approximate surface area is 129 Å². The van der Waals surface area contributed by atoms with Crippen molar-refractivity contribution in [1.29, 1.82) is 0 Å². The van der Waals surface area contributed by atoms with Crippen molar-refractivity contribution in [1.82, 2.24) is 9.62 Å². The smallest absolute Gasteiger partial charge is 0.221 e. The first-order chi connectivity index (χ1) is 9.97. The van der Waals surface area contributed by atoms with Crippen molar-refractivity contribution in [2.24, 2.45) is 0 Å². The molecule has 0 aromatic heterocycles. The molecule has 1 saturated heterocycles. The SMILES string of the molecule is Nc1cccc(SCCS(=O)(=O)N2CCNC(=O)CC2)c1. The molecule has 0 saturated carbocycles. The largest absolute Gasteiger partial charge is 0.399 e. The van der Waals surface area contributed by atoms with Gasteiger partial charge in [-0.15, -0.1) is 11.8 Å². The predicted molar refractivity (Wildman–Crippen MR) is 84.6 cm³/mol. The quantitative estimate of drug-likeness (QED) is 0.607. The molecule has 3 N–H and O–H groups in total. The van der Waals surface area contributed by atoms with Crippen LogP contribution in [0.2, 0.25) is 0 Å². The maximum atomic E-state index is 12.3. The second-order valence-corrected chi connectivity index (χ2v) is 7.99. The molecule has 116 valence electrons. The van der Waals surface area contributed by atoms with Gasteiger partial charge in [0.15, 0.2) is 0 Å². The summed E-state index contributed by atoms with van der Waals surface area (Å²) < 4.78 is 25.9. The molecule has 0 atom stereocenters. The van der Waals surface area contributed by atoms with E-state index in [1.54, 1.807) is 6.07 Å². The van der Waals surface area contributed by atoms with Crippen LogP contribution in [0.3, 0.4) is 0 Å². The van der Waals surface area contributed by atoms with Crippen molar-refractivity contribution < 1.29 is 13.2 Å². The Balaban J connectivity index is 1.87. The van der Waals surface area contributed by atoms with Crippen LogP contribution in [-0.4, -0.2) is 49.8 Å². The third-order valence-electron chi connectivity index (χ3n) is 3.13. The lowest BCUT2D eigenvalue weighted by Gasteiger charge is -2.18. The van der Waals surface area contributed by atoms with Gasteiger partial charge in [0.1, 0.15) is 0 Å². The summed E-state index contributed by atoms with van der Waals surface area (Å²) in [6.07, 6.45) is 0.224. The van der Waals surface area contributed by atoms with Gasteiger partial charge < -0.3 is 11.1 Å². The van der Waals surface area contributed by atoms with Crippen LogP contribution >= 0.6 is 11.8 Å². The molecule has 0 spiro atoms. The molecule has 21 heavy (non-hydrogen) atoms. The van der Waals surface area contributed by atoms with Gasteiger partial charge in [-0.25, -0.2) is 8.42 Å². The van der Waals surface area contributed by atoms with Crippen molar-refractivity contribution in [2.75, 3.05) is 36.9 Å². The molecule has 1 amide bonds. The van der Waals surface area contributed by atoms with E-state index in [1.165, 1.54) is 16.1 Å². The molecule has 1 aromatic rings. The number of nitrogens with two attached hydrogens (primary N) is 1. The number of sulfonamides is 1. The summed E-state index contributed by atoms with van der Waals surface area (Å²) in [6.45, 7) is 0.981. The minimum absolute atomic E-state index is 0.0562. The average molecular weight is 329 g/mol. The number of carbonyl (C=O) groups is 1. The lowest BCUT2D eigenvalue weighted by Crippen LogP contribution is -2.36. The Morgan fingerprint density at radius 3 is 2.90 bits per heavy atom. The number of thioether (sulfide) groups is 1. The van der Waals surface area contributed by atoms with Crippen LogP contribution in [0.25, 0.3) is 0 Å². The lowest BCUT2D eigenvalue weighted by molar-refractivity contribution is -0.120. The minimum Gasteiger partial charge on any atom is -0.399 e. The summed E-state index contributed by atoms with van der Waals surface area (Å²) >= 11 is 1.46. The van der Waals surface area contributed by atoms with Gasteiger partial charge in [0.25, 0.3) is 0 Å². The molecule has 1 aromatic carbocycles. The summed E-state index contributed by atoms with van der Waals surface area (Å²) in [6, 6.07) is 7.37. The van der Waals surface area contributed by atoms with Crippen molar-refractivity contribution >= 4 is 33.4 Å². The van der Waals surface area contributed by atoms with E-state index < -0.39 is 10.0 Å². The van der Waals surface area contributed by atoms with Gasteiger partial charge >= 0.3 is 0 Å². The number of hydrogen-bond donors (Lipinski definition) is 2. The average Bonchev–Trinajstić information content (AvgIpc) is 2.64. The zero-order valence-corrected chi connectivity index (χ0v) is 13.3. The zero-order valence-electron chi connectivity index (χ0n) is 11.6. The van der Waals surface area contributed by atoms with Crippen LogP contribution in [0.5, 0.6) is 0 Å². The molecule has 1 aliphatic heterocycles. The monoisotopic (exact) mass is 329 g/mol. The number of nitrogens with zero attached hydrogens (tertiary/aromatic N) is 1. The summed E-state index contributed by atoms with van der Waals surface area (Å²) in [5, 5.41) is 2.67. The molecule has 1 fully saturated rings. The van der Waals surface area contributed by atoms with E-state index in [0.717, 1.165) is 4.90 Å². The molecule has 1 heterocycles. The highest BCUT2D eigenvalue weighted by molar-refractivity contribution is 8.00. The van der Waals surface area contributed by atoms with Crippen molar-refractivity contribution in [3.8, 4) is 0 Å². The highest BCUT2D eigenvalue weighted by Gasteiger charge is 2.24. The first kappa shape index (κ1) is 16.1. The van der Waals surface area contributed by atoms with Gasteiger partial charge in [0.05, 0.1) is 5.75 Å². The van der Waals surface area contributed by atoms with Crippen molar-refractivity contribution in [3.05, 3.63) is 24.3 Å². The fraction of sp³-hybridized carbons (Fsp3) is 0.462. The maximum absolute atomic E-state index is 12.3. The van der Waals surface area contributed by atoms with Crippen LogP contribution < -0.4 is 11.1 Å². The molecule has 0 bridgehead atoms. The number of anilines is 1. The van der Waals surface area contributed by atoms with E-state index in [4.69, 9.17) is 5.73 Å². The highest BCUT2D eigenvalue weighted by atomic mass is 32.2. The summed E-state index contributed by atoms with van der Waals surface area (Å²) in [5.74, 6) is 0.423. The molecule has 1 aliphatic rings. The van der Waals surface area contributed by atoms with Crippen LogP contribution in [-0.2, 0) is 14.8 Å². The topological polar surface area (TPSA) is 92.5 Å². The minimum atomic E-state index is -3.32. The number of hydrogen-bond acceptors (Lipinski definition) is 5. The Kier molecular flexibility index (Phi) is 5.49. The molecular formula is C13H19N3O3S2. The lowest BCUT2D eigenvalue weighted by atomic mass is 10.3. The van der Waals surface area contributed by atoms with Crippen LogP contribution in [0.1, 0.15) is 6.42 Å². The Hall–Kier alpha value is -1.25. The first-order valence-electron chi connectivity index (χ1n) is 6.70. The van der Waals surface area contributed by atoms with Gasteiger partial charge in [-0.3, -0.25) is 4.79 Å². The van der Waals surface area contributed by atoms with Gasteiger partial charge in [-0.05, 0) is 18.2 Å². The maximum Gasteiger partial charge on any atom is 0.221 e. The van der Waals surface area contributed by atoms with Gasteiger partial charge in [0, 0.05) is 42.4 Å². The normalized spacial score (nSPS) is 17.2. The van der Waals surface area contributed by atoms with Crippen LogP contribution in [0.4, 0.5) is 5.69 Å². The molecule has 0 aliphatic carbocycles. The van der Waals surface area contributed by atoms with Crippen molar-refractivity contribution in [2.45, 2.75) is 11.3 Å². The van der Waals surface area contributed by atoms with E-state index >= 15 is 0 Å². The van der Waals surface area contributed by atoms with E-state index in [1.807, 2.05) is 18.2 Å². The number of amides is 1. The fourth-order valence-electron chi connectivity index (χ4n) is 2.02. The number of nitrogens with one attached hydrogen (secondary N) is 1. The number of carbonyl (C=O) groups excluding carboxylic acids is 1. The highest BCUT2D eigenvalue weighted by Crippen LogP contribution is 2.20. The number of nitrogen functional groups attached to an aromatic ring is 1. The molecule has 8 heteroatoms. The van der Waals surface area contributed by atoms with Crippen LogP contribution in [0.15, 0.2) is 29.2 Å². The second-order valence-electron chi connectivity index (χ2n) is 4.74. The first-order valence-corrected chi connectivity index (χ1v) is 9.30. The van der Waals surface area contributed by atoms with Crippen molar-refractivity contribution in [3.63, 3.8) is 0 Å². The Morgan fingerprint density at radius 1 is 1.33 bits per heavy atom. The molecule has 2 rings (SSSR count). The van der Waals surface area contributed by atoms with E-state index in [9.17, 15) is 13.2 Å². The molecule has 0 radical (unpaired) electrons. The molecule has 6 nitrogen and oxygen atoms in total. The number of rotatable bonds is 5. The Bertz CT molecular complexity index is 604. The molecule has 0 unspecified atom stereocenters. The standard InChI is InChI=1S/C13H19N3O3S2/c14-11-2-1-3-12(10-11)20-8-9-21(18,19)16-6-4-13(17)15-5-7-16/h1-3,10H,4-9,14H2,(H,15,17). The third kappa shape index (κ3) is 4.90. The van der Waals surface area contributed by atoms with E-state index in [2.05, 4.69) is 5.32 Å². The van der Waals surface area contributed by atoms with Gasteiger partial charge in [-0.1, -0.05) is 6.07 Å². The Morgan fingerprint density at radius 2 is 2.14 bits per heavy atom. The zero-order chi connectivity index (χ0) is 15.3. The second kappa shape index (κ2) is 7.15. The number of benzene rings is 1. The van der Waals surface area contributed by atoms with E-state index in [-0.39, 0.29) is 24.6 Å². The predicted octanol–water partition coefficient (Wildman–Crippen LogP) is 0.513.